The van der Waals surface area contributed by atoms with Crippen LogP contribution < -0.4 is 5.32 Å². The fraction of sp³-hybridized carbons (Fsp3) is 0.766. The molecular formula is C47H86N2O6. The molecule has 0 bridgehead atoms. The van der Waals surface area contributed by atoms with Gasteiger partial charge in [0, 0.05) is 25.9 Å². The number of rotatable bonds is 38. The number of nitrogens with one attached hydrogen (secondary N) is 1. The maximum atomic E-state index is 12.3. The summed E-state index contributed by atoms with van der Waals surface area (Å²) in [6, 6.07) is 0. The number of esters is 1. The van der Waals surface area contributed by atoms with Crippen LogP contribution in [0.3, 0.4) is 0 Å². The van der Waals surface area contributed by atoms with Crippen molar-refractivity contribution in [1.29, 1.82) is 0 Å². The van der Waals surface area contributed by atoms with Gasteiger partial charge in [0.05, 0.1) is 6.61 Å². The average Bonchev–Trinajstić information content (AvgIpc) is 3.17. The van der Waals surface area contributed by atoms with Gasteiger partial charge in [-0.2, -0.15) is 0 Å². The first-order chi connectivity index (χ1) is 26.8. The van der Waals surface area contributed by atoms with Crippen molar-refractivity contribution in [2.24, 2.45) is 0 Å². The number of ether oxygens (including phenoxy) is 2. The second-order valence-electron chi connectivity index (χ2n) is 15.2. The highest BCUT2D eigenvalue weighted by atomic mass is 16.5. The summed E-state index contributed by atoms with van der Waals surface area (Å²) in [5.74, 6) is -0.563. The fourth-order valence-electron chi connectivity index (χ4n) is 5.76. The number of carbonyl (C=O) groups excluding carboxylic acids is 3. The van der Waals surface area contributed by atoms with Gasteiger partial charge in [-0.15, -0.1) is 0 Å². The second kappa shape index (κ2) is 44.0. The molecule has 0 saturated carbocycles. The lowest BCUT2D eigenvalue weighted by Gasteiger charge is -2.29. The van der Waals surface area contributed by atoms with Crippen molar-refractivity contribution in [1.82, 2.24) is 10.2 Å². The topological polar surface area (TPSA) is 105 Å². The van der Waals surface area contributed by atoms with Gasteiger partial charge in [-0.3, -0.25) is 14.4 Å². The van der Waals surface area contributed by atoms with Gasteiger partial charge in [0.2, 0.25) is 5.91 Å². The summed E-state index contributed by atoms with van der Waals surface area (Å²) in [7, 11) is 1.81. The molecule has 0 spiro atoms. The average molecular weight is 775 g/mol. The molecule has 0 heterocycles. The van der Waals surface area contributed by atoms with E-state index < -0.39 is 5.54 Å². The highest BCUT2D eigenvalue weighted by molar-refractivity contribution is 5.77. The predicted octanol–water partition coefficient (Wildman–Crippen LogP) is 11.5. The van der Waals surface area contributed by atoms with Crippen molar-refractivity contribution in [3.8, 4) is 0 Å². The number of allylic oxidation sites excluding steroid dienone is 8. The van der Waals surface area contributed by atoms with Gasteiger partial charge >= 0.3 is 5.97 Å². The number of carbonyl (C=O) groups is 3. The molecule has 0 aliphatic carbocycles. The summed E-state index contributed by atoms with van der Waals surface area (Å²) in [6.07, 6.45) is 47.3. The Bertz CT molecular complexity index is 978. The number of amides is 1. The molecule has 8 heteroatoms. The van der Waals surface area contributed by atoms with Crippen molar-refractivity contribution >= 4 is 18.3 Å². The van der Waals surface area contributed by atoms with Gasteiger partial charge in [-0.1, -0.05) is 146 Å². The fourth-order valence-corrected chi connectivity index (χ4v) is 5.76. The van der Waals surface area contributed by atoms with E-state index in [-0.39, 0.29) is 38.1 Å². The van der Waals surface area contributed by atoms with Crippen molar-refractivity contribution < 1.29 is 29.0 Å². The monoisotopic (exact) mass is 775 g/mol. The van der Waals surface area contributed by atoms with E-state index in [2.05, 4.69) is 74.7 Å². The van der Waals surface area contributed by atoms with E-state index in [4.69, 9.17) is 14.6 Å². The Labute approximate surface area is 339 Å². The van der Waals surface area contributed by atoms with Crippen LogP contribution in [0.2, 0.25) is 0 Å². The Balaban J connectivity index is 0. The molecule has 0 aromatic rings. The highest BCUT2D eigenvalue weighted by Gasteiger charge is 2.29. The quantitative estimate of drug-likeness (QED) is 0.0278. The zero-order valence-electron chi connectivity index (χ0n) is 36.3. The van der Waals surface area contributed by atoms with Gasteiger partial charge in [0.25, 0.3) is 6.47 Å². The lowest BCUT2D eigenvalue weighted by molar-refractivity contribution is -0.149. The SMILES string of the molecule is CCCCC/C=C\C/C=C\CCCCCCCC.CCCCC/C=C\C/C=C\CCCCCCCC(=O)OCC(C)(COC=O)NC(=O)CCN(C)CCO. The molecule has 0 aromatic heterocycles. The van der Waals surface area contributed by atoms with E-state index in [1.54, 1.807) is 6.92 Å². The third-order valence-electron chi connectivity index (χ3n) is 9.30. The van der Waals surface area contributed by atoms with Gasteiger partial charge in [0.15, 0.2) is 0 Å². The molecule has 0 saturated heterocycles. The molecule has 0 aliphatic heterocycles. The van der Waals surface area contributed by atoms with E-state index in [0.717, 1.165) is 51.4 Å². The summed E-state index contributed by atoms with van der Waals surface area (Å²) in [5, 5.41) is 11.8. The maximum absolute atomic E-state index is 12.3. The van der Waals surface area contributed by atoms with E-state index >= 15 is 0 Å². The number of nitrogens with zero attached hydrogens (tertiary/aromatic N) is 1. The Morgan fingerprint density at radius 1 is 0.600 bits per heavy atom. The zero-order valence-corrected chi connectivity index (χ0v) is 36.3. The molecule has 320 valence electrons. The van der Waals surface area contributed by atoms with Crippen molar-refractivity contribution in [3.63, 3.8) is 0 Å². The predicted molar refractivity (Wildman–Crippen MR) is 233 cm³/mol. The number of aliphatic hydroxyl groups excluding tert-OH is 1. The number of likely N-dealkylation sites (N-methyl/N-ethyl adjacent to an activating group) is 1. The van der Waals surface area contributed by atoms with Gasteiger partial charge in [-0.25, -0.2) is 0 Å². The zero-order chi connectivity index (χ0) is 40.9. The van der Waals surface area contributed by atoms with Crippen LogP contribution in [0.25, 0.3) is 0 Å². The van der Waals surface area contributed by atoms with E-state index in [1.807, 2.05) is 11.9 Å². The number of aliphatic hydroxyl groups is 1. The summed E-state index contributed by atoms with van der Waals surface area (Å²) in [4.78, 5) is 37.0. The smallest absolute Gasteiger partial charge is 0.305 e. The van der Waals surface area contributed by atoms with Gasteiger partial charge in [-0.05, 0) is 84.6 Å². The lowest BCUT2D eigenvalue weighted by atomic mass is 10.0. The minimum atomic E-state index is -0.998. The van der Waals surface area contributed by atoms with Crippen molar-refractivity contribution in [2.75, 3.05) is 40.0 Å². The molecule has 2 N–H and O–H groups in total. The van der Waals surface area contributed by atoms with Gasteiger partial charge < -0.3 is 24.8 Å². The third-order valence-corrected chi connectivity index (χ3v) is 9.30. The minimum absolute atomic E-state index is 0.0215. The summed E-state index contributed by atoms with van der Waals surface area (Å²) in [5.41, 5.74) is -0.998. The van der Waals surface area contributed by atoms with Crippen molar-refractivity contribution in [3.05, 3.63) is 48.6 Å². The molecule has 8 nitrogen and oxygen atoms in total. The second-order valence-corrected chi connectivity index (χ2v) is 15.2. The normalized spacial score (nSPS) is 12.8. The molecule has 0 fully saturated rings. The summed E-state index contributed by atoms with van der Waals surface area (Å²) < 4.78 is 10.2. The first-order valence-corrected chi connectivity index (χ1v) is 22.2. The summed E-state index contributed by atoms with van der Waals surface area (Å²) >= 11 is 0. The number of hydrogen-bond acceptors (Lipinski definition) is 7. The molecule has 0 rings (SSSR count). The van der Waals surface area contributed by atoms with Crippen LogP contribution in [0.5, 0.6) is 0 Å². The van der Waals surface area contributed by atoms with Crippen molar-refractivity contribution in [2.45, 2.75) is 194 Å². The lowest BCUT2D eigenvalue weighted by Crippen LogP contribution is -2.53. The van der Waals surface area contributed by atoms with Gasteiger partial charge in [0.1, 0.15) is 18.8 Å². The molecule has 1 amide bonds. The Morgan fingerprint density at radius 2 is 1.04 bits per heavy atom. The number of hydrogen-bond donors (Lipinski definition) is 2. The first kappa shape index (κ1) is 54.4. The van der Waals surface area contributed by atoms with Crippen LogP contribution in [-0.4, -0.2) is 73.9 Å². The molecule has 1 unspecified atom stereocenters. The molecule has 1 atom stereocenters. The number of unbranched alkanes of at least 4 members (excludes halogenated alkanes) is 17. The van der Waals surface area contributed by atoms with E-state index in [1.165, 1.54) is 96.3 Å². The summed E-state index contributed by atoms with van der Waals surface area (Å²) in [6.45, 7) is 9.56. The van der Waals surface area contributed by atoms with Crippen LogP contribution in [0.15, 0.2) is 48.6 Å². The standard InChI is InChI=1S/C29H52N2O6.C18H34/c1-4-5-6-7-8-9-10-11-12-13-14-15-16-17-18-19-28(35)37-25-29(2,24-36-26-33)30-27(34)20-21-31(3)22-23-32;1-3-5-7-9-11-13-15-17-18-16-14-12-10-8-6-4-2/h8-9,11-12,26,32H,4-7,10,13-25H2,1-3H3,(H,30,34);11,13,17-18H,3-10,12,14-16H2,1-2H3/b9-8-,12-11-;13-11-,18-17-. The van der Waals surface area contributed by atoms with E-state index in [0.29, 0.717) is 26.0 Å². The highest BCUT2D eigenvalue weighted by Crippen LogP contribution is 2.12. The van der Waals surface area contributed by atoms with Crippen LogP contribution in [0.4, 0.5) is 0 Å². The molecule has 0 radical (unpaired) electrons. The largest absolute Gasteiger partial charge is 0.465 e. The minimum Gasteiger partial charge on any atom is -0.465 e. The molecule has 0 aromatic carbocycles. The van der Waals surface area contributed by atoms with Crippen LogP contribution in [-0.2, 0) is 23.9 Å². The van der Waals surface area contributed by atoms with Crippen LogP contribution in [0, 0.1) is 0 Å². The molecule has 0 aliphatic rings. The Hall–Kier alpha value is -2.71. The molecular weight excluding hydrogens is 689 g/mol. The van der Waals surface area contributed by atoms with E-state index in [9.17, 15) is 14.4 Å². The Kier molecular flexibility index (Phi) is 43.5. The first-order valence-electron chi connectivity index (χ1n) is 22.2. The maximum Gasteiger partial charge on any atom is 0.305 e. The molecule has 55 heavy (non-hydrogen) atoms. The third kappa shape index (κ3) is 43.9. The Morgan fingerprint density at radius 3 is 1.51 bits per heavy atom. The van der Waals surface area contributed by atoms with Crippen LogP contribution in [0.1, 0.15) is 188 Å². The van der Waals surface area contributed by atoms with Crippen LogP contribution >= 0.6 is 0 Å².